The highest BCUT2D eigenvalue weighted by Gasteiger charge is 2.14. The minimum Gasteiger partial charge on any atom is -0.398 e. The average Bonchev–Trinajstić information content (AvgIpc) is 2.38. The van der Waals surface area contributed by atoms with E-state index in [1.807, 2.05) is 18.2 Å². The van der Waals surface area contributed by atoms with E-state index in [0.717, 1.165) is 5.56 Å². The third kappa shape index (κ3) is 2.75. The summed E-state index contributed by atoms with van der Waals surface area (Å²) in [5.41, 5.74) is 6.54. The minimum atomic E-state index is -3.74. The van der Waals surface area contributed by atoms with E-state index in [0.29, 0.717) is 0 Å². The summed E-state index contributed by atoms with van der Waals surface area (Å²) in [7, 11) is -3.74. The molecule has 0 fully saturated rings. The molecule has 0 bridgehead atoms. The van der Waals surface area contributed by atoms with Crippen LogP contribution in [0.2, 0.25) is 0 Å². The molecule has 2 aromatic rings. The largest absolute Gasteiger partial charge is 0.398 e. The standard InChI is InChI=1S/C13H12N2O2S/c14-12-8-4-5-9-13(12)18(16,17)15-10-11-6-2-1-3-7-11/h1-10H,14H2. The van der Waals surface area contributed by atoms with Crippen LogP contribution in [0.25, 0.3) is 0 Å². The van der Waals surface area contributed by atoms with Gasteiger partial charge in [0.15, 0.2) is 0 Å². The highest BCUT2D eigenvalue weighted by molar-refractivity contribution is 7.90. The monoisotopic (exact) mass is 260 g/mol. The van der Waals surface area contributed by atoms with Gasteiger partial charge in [0.05, 0.1) is 5.69 Å². The van der Waals surface area contributed by atoms with Crippen LogP contribution in [0.1, 0.15) is 5.56 Å². The summed E-state index contributed by atoms with van der Waals surface area (Å²) < 4.78 is 27.5. The lowest BCUT2D eigenvalue weighted by Crippen LogP contribution is -2.02. The molecule has 0 spiro atoms. The van der Waals surface area contributed by atoms with Gasteiger partial charge in [-0.1, -0.05) is 42.5 Å². The number of rotatable bonds is 3. The van der Waals surface area contributed by atoms with Crippen molar-refractivity contribution in [1.82, 2.24) is 0 Å². The summed E-state index contributed by atoms with van der Waals surface area (Å²) in [4.78, 5) is 0.0252. The van der Waals surface area contributed by atoms with Crippen molar-refractivity contribution < 1.29 is 8.42 Å². The predicted molar refractivity (Wildman–Crippen MR) is 72.1 cm³/mol. The van der Waals surface area contributed by atoms with Crippen LogP contribution in [-0.4, -0.2) is 14.6 Å². The second kappa shape index (κ2) is 5.01. The van der Waals surface area contributed by atoms with E-state index in [4.69, 9.17) is 5.73 Å². The van der Waals surface area contributed by atoms with Crippen molar-refractivity contribution in [3.05, 3.63) is 60.2 Å². The molecule has 0 aliphatic rings. The van der Waals surface area contributed by atoms with Gasteiger partial charge in [0.1, 0.15) is 4.90 Å². The molecule has 0 radical (unpaired) electrons. The lowest BCUT2D eigenvalue weighted by Gasteiger charge is -2.01. The Hall–Kier alpha value is -2.14. The molecule has 0 saturated carbocycles. The summed E-state index contributed by atoms with van der Waals surface area (Å²) in [6, 6.07) is 15.3. The van der Waals surface area contributed by atoms with Crippen LogP contribution in [0, 0.1) is 0 Å². The molecule has 0 aliphatic heterocycles. The molecule has 0 aliphatic carbocycles. The van der Waals surface area contributed by atoms with Crippen molar-refractivity contribution in [3.8, 4) is 0 Å². The second-order valence-corrected chi connectivity index (χ2v) is 5.26. The highest BCUT2D eigenvalue weighted by Crippen LogP contribution is 2.19. The van der Waals surface area contributed by atoms with E-state index >= 15 is 0 Å². The normalized spacial score (nSPS) is 11.8. The summed E-state index contributed by atoms with van der Waals surface area (Å²) >= 11 is 0. The summed E-state index contributed by atoms with van der Waals surface area (Å²) in [5.74, 6) is 0. The molecule has 0 atom stereocenters. The maximum absolute atomic E-state index is 11.9. The van der Waals surface area contributed by atoms with E-state index < -0.39 is 10.0 Å². The Kier molecular flexibility index (Phi) is 3.43. The van der Waals surface area contributed by atoms with E-state index in [1.165, 1.54) is 18.3 Å². The van der Waals surface area contributed by atoms with Crippen molar-refractivity contribution in [1.29, 1.82) is 0 Å². The highest BCUT2D eigenvalue weighted by atomic mass is 32.2. The molecule has 18 heavy (non-hydrogen) atoms. The Morgan fingerprint density at radius 3 is 2.22 bits per heavy atom. The van der Waals surface area contributed by atoms with Crippen molar-refractivity contribution in [2.24, 2.45) is 4.40 Å². The fourth-order valence-electron chi connectivity index (χ4n) is 1.44. The zero-order chi connectivity index (χ0) is 13.0. The number of benzene rings is 2. The maximum atomic E-state index is 11.9. The Labute approximate surface area is 106 Å². The number of nitrogen functional groups attached to an aromatic ring is 1. The van der Waals surface area contributed by atoms with Gasteiger partial charge < -0.3 is 5.73 Å². The van der Waals surface area contributed by atoms with Crippen LogP contribution < -0.4 is 5.73 Å². The van der Waals surface area contributed by atoms with Gasteiger partial charge in [-0.2, -0.15) is 12.8 Å². The molecule has 0 saturated heterocycles. The van der Waals surface area contributed by atoms with Crippen LogP contribution in [0.15, 0.2) is 63.9 Å². The third-order valence-electron chi connectivity index (χ3n) is 2.34. The third-order valence-corrected chi connectivity index (χ3v) is 3.65. The van der Waals surface area contributed by atoms with E-state index in [2.05, 4.69) is 4.40 Å². The van der Waals surface area contributed by atoms with Crippen molar-refractivity contribution in [2.45, 2.75) is 4.90 Å². The summed E-state index contributed by atoms with van der Waals surface area (Å²) in [5, 5.41) is 0. The topological polar surface area (TPSA) is 72.5 Å². The first-order valence-corrected chi connectivity index (χ1v) is 6.73. The van der Waals surface area contributed by atoms with Gasteiger partial charge in [0, 0.05) is 6.21 Å². The Morgan fingerprint density at radius 1 is 0.944 bits per heavy atom. The quantitative estimate of drug-likeness (QED) is 0.678. The van der Waals surface area contributed by atoms with Crippen molar-refractivity contribution >= 4 is 21.9 Å². The van der Waals surface area contributed by atoms with Crippen LogP contribution in [0.4, 0.5) is 5.69 Å². The van der Waals surface area contributed by atoms with Crippen LogP contribution in [0.3, 0.4) is 0 Å². The van der Waals surface area contributed by atoms with Crippen molar-refractivity contribution in [2.75, 3.05) is 5.73 Å². The zero-order valence-electron chi connectivity index (χ0n) is 9.52. The van der Waals surface area contributed by atoms with Crippen LogP contribution in [-0.2, 0) is 10.0 Å². The fraction of sp³-hybridized carbons (Fsp3) is 0. The molecule has 0 heterocycles. The smallest absolute Gasteiger partial charge is 0.284 e. The fourth-order valence-corrected chi connectivity index (χ4v) is 2.43. The van der Waals surface area contributed by atoms with E-state index in [-0.39, 0.29) is 10.6 Å². The number of hydrogen-bond acceptors (Lipinski definition) is 3. The van der Waals surface area contributed by atoms with Gasteiger partial charge in [-0.15, -0.1) is 0 Å². The van der Waals surface area contributed by atoms with E-state index in [9.17, 15) is 8.42 Å². The lowest BCUT2D eigenvalue weighted by molar-refractivity contribution is 0.598. The van der Waals surface area contributed by atoms with Gasteiger partial charge in [0.25, 0.3) is 10.0 Å². The molecular formula is C13H12N2O2S. The number of nitrogens with two attached hydrogens (primary N) is 1. The summed E-state index contributed by atoms with van der Waals surface area (Å²) in [6.45, 7) is 0. The zero-order valence-corrected chi connectivity index (χ0v) is 10.3. The number of nitrogens with zero attached hydrogens (tertiary/aromatic N) is 1. The first-order valence-electron chi connectivity index (χ1n) is 5.29. The van der Waals surface area contributed by atoms with Gasteiger partial charge in [-0.25, -0.2) is 0 Å². The number of anilines is 1. The predicted octanol–water partition coefficient (Wildman–Crippen LogP) is 2.08. The van der Waals surface area contributed by atoms with Gasteiger partial charge >= 0.3 is 0 Å². The van der Waals surface area contributed by atoms with Gasteiger partial charge in [-0.05, 0) is 17.7 Å². The first kappa shape index (κ1) is 12.3. The molecule has 0 aromatic heterocycles. The number of hydrogen-bond donors (Lipinski definition) is 1. The minimum absolute atomic E-state index is 0.0252. The molecule has 2 N–H and O–H groups in total. The van der Waals surface area contributed by atoms with Gasteiger partial charge in [-0.3, -0.25) is 0 Å². The number of sulfonamides is 1. The first-order chi connectivity index (χ1) is 8.59. The molecule has 2 rings (SSSR count). The lowest BCUT2D eigenvalue weighted by atomic mass is 10.2. The Morgan fingerprint density at radius 2 is 1.56 bits per heavy atom. The maximum Gasteiger partial charge on any atom is 0.284 e. The molecular weight excluding hydrogens is 248 g/mol. The molecule has 4 nitrogen and oxygen atoms in total. The Balaban J connectivity index is 2.34. The summed E-state index contributed by atoms with van der Waals surface area (Å²) in [6.07, 6.45) is 1.31. The van der Waals surface area contributed by atoms with E-state index in [1.54, 1.807) is 24.3 Å². The van der Waals surface area contributed by atoms with Crippen molar-refractivity contribution in [3.63, 3.8) is 0 Å². The average molecular weight is 260 g/mol. The second-order valence-electron chi connectivity index (χ2n) is 3.66. The molecule has 0 amide bonds. The Bertz CT molecular complexity index is 664. The van der Waals surface area contributed by atoms with Gasteiger partial charge in [0.2, 0.25) is 0 Å². The van der Waals surface area contributed by atoms with Crippen LogP contribution in [0.5, 0.6) is 0 Å². The molecule has 92 valence electrons. The number of para-hydroxylation sites is 1. The molecule has 0 unspecified atom stereocenters. The molecule has 2 aromatic carbocycles. The van der Waals surface area contributed by atoms with Crippen LogP contribution >= 0.6 is 0 Å². The SMILES string of the molecule is Nc1ccccc1S(=O)(=O)N=Cc1ccccc1. The molecule has 5 heteroatoms.